The Morgan fingerprint density at radius 2 is 2.10 bits per heavy atom. The van der Waals surface area contributed by atoms with Crippen molar-refractivity contribution in [2.45, 2.75) is 32.1 Å². The fourth-order valence-electron chi connectivity index (χ4n) is 2.70. The summed E-state index contributed by atoms with van der Waals surface area (Å²) >= 11 is 9.48. The molecular weight excluding hydrogens is 354 g/mol. The topological polar surface area (TPSA) is 38.3 Å². The van der Waals surface area contributed by atoms with E-state index in [2.05, 4.69) is 21.2 Å². The quantitative estimate of drug-likeness (QED) is 0.759. The van der Waals surface area contributed by atoms with Crippen LogP contribution in [-0.2, 0) is 4.79 Å². The predicted octanol–water partition coefficient (Wildman–Crippen LogP) is 4.18. The molecule has 0 heterocycles. The number of nitrogens with one attached hydrogen (secondary N) is 1. The standard InChI is InChI=1S/C16H21BrClNO2/c17-11-16(7-2-1-3-8-16)12-19-15(20)10-21-14-6-4-5-13(18)9-14/h4-6,9H,1-3,7-8,10-12H2,(H,19,20). The largest absolute Gasteiger partial charge is 0.484 e. The molecule has 1 N–H and O–H groups in total. The summed E-state index contributed by atoms with van der Waals surface area (Å²) in [5.74, 6) is 0.534. The minimum atomic E-state index is -0.0825. The van der Waals surface area contributed by atoms with Gasteiger partial charge >= 0.3 is 0 Å². The molecule has 1 aromatic rings. The third-order valence-corrected chi connectivity index (χ3v) is 5.45. The maximum absolute atomic E-state index is 11.9. The molecule has 1 amide bonds. The molecule has 0 aromatic heterocycles. The summed E-state index contributed by atoms with van der Waals surface area (Å²) in [7, 11) is 0. The fourth-order valence-corrected chi connectivity index (χ4v) is 3.64. The van der Waals surface area contributed by atoms with Gasteiger partial charge in [-0.05, 0) is 36.5 Å². The second kappa shape index (κ2) is 8.04. The summed E-state index contributed by atoms with van der Waals surface area (Å²) in [6.07, 6.45) is 6.16. The highest BCUT2D eigenvalue weighted by atomic mass is 79.9. The lowest BCUT2D eigenvalue weighted by Gasteiger charge is -2.35. The highest BCUT2D eigenvalue weighted by Crippen LogP contribution is 2.37. The molecular formula is C16H21BrClNO2. The minimum Gasteiger partial charge on any atom is -0.484 e. The van der Waals surface area contributed by atoms with E-state index in [0.29, 0.717) is 10.8 Å². The maximum atomic E-state index is 11.9. The van der Waals surface area contributed by atoms with E-state index in [4.69, 9.17) is 16.3 Å². The Hall–Kier alpha value is -0.740. The molecule has 3 nitrogen and oxygen atoms in total. The van der Waals surface area contributed by atoms with E-state index in [-0.39, 0.29) is 17.9 Å². The predicted molar refractivity (Wildman–Crippen MR) is 89.3 cm³/mol. The lowest BCUT2D eigenvalue weighted by atomic mass is 9.75. The first-order valence-corrected chi connectivity index (χ1v) is 8.85. The van der Waals surface area contributed by atoms with Crippen molar-refractivity contribution in [1.29, 1.82) is 0 Å². The Labute approximate surface area is 139 Å². The Balaban J connectivity index is 1.76. The summed E-state index contributed by atoms with van der Waals surface area (Å²) < 4.78 is 5.45. The number of amides is 1. The van der Waals surface area contributed by atoms with Crippen LogP contribution in [-0.4, -0.2) is 24.4 Å². The average molecular weight is 375 g/mol. The first-order chi connectivity index (χ1) is 10.1. The van der Waals surface area contributed by atoms with Crippen LogP contribution in [0.2, 0.25) is 5.02 Å². The molecule has 1 fully saturated rings. The number of rotatable bonds is 6. The van der Waals surface area contributed by atoms with Gasteiger partial charge < -0.3 is 10.1 Å². The molecule has 0 spiro atoms. The molecule has 0 radical (unpaired) electrons. The number of ether oxygens (including phenoxy) is 1. The van der Waals surface area contributed by atoms with Crippen LogP contribution in [0.5, 0.6) is 5.75 Å². The molecule has 116 valence electrons. The molecule has 21 heavy (non-hydrogen) atoms. The van der Waals surface area contributed by atoms with Gasteiger partial charge in [-0.2, -0.15) is 0 Å². The van der Waals surface area contributed by atoms with E-state index in [1.165, 1.54) is 32.1 Å². The van der Waals surface area contributed by atoms with Gasteiger partial charge in [0.05, 0.1) is 0 Å². The van der Waals surface area contributed by atoms with Crippen molar-refractivity contribution < 1.29 is 9.53 Å². The maximum Gasteiger partial charge on any atom is 0.257 e. The molecule has 1 aliphatic rings. The zero-order chi connectivity index (χ0) is 15.1. The third kappa shape index (κ3) is 5.19. The Kier molecular flexibility index (Phi) is 6.37. The molecule has 2 rings (SSSR count). The SMILES string of the molecule is O=C(COc1cccc(Cl)c1)NCC1(CBr)CCCCC1. The third-order valence-electron chi connectivity index (χ3n) is 4.02. The van der Waals surface area contributed by atoms with Crippen LogP contribution < -0.4 is 10.1 Å². The van der Waals surface area contributed by atoms with Crippen LogP contribution in [0.25, 0.3) is 0 Å². The van der Waals surface area contributed by atoms with E-state index in [9.17, 15) is 4.79 Å². The van der Waals surface area contributed by atoms with Crippen LogP contribution in [0.15, 0.2) is 24.3 Å². The van der Waals surface area contributed by atoms with Crippen molar-refractivity contribution in [1.82, 2.24) is 5.32 Å². The van der Waals surface area contributed by atoms with Crippen LogP contribution >= 0.6 is 27.5 Å². The number of halogens is 2. The van der Waals surface area contributed by atoms with Gasteiger partial charge in [0.1, 0.15) is 5.75 Å². The van der Waals surface area contributed by atoms with Crippen LogP contribution in [0.3, 0.4) is 0 Å². The van der Waals surface area contributed by atoms with Crippen molar-refractivity contribution in [2.75, 3.05) is 18.5 Å². The number of hydrogen-bond donors (Lipinski definition) is 1. The van der Waals surface area contributed by atoms with E-state index < -0.39 is 0 Å². The molecule has 0 unspecified atom stereocenters. The molecule has 0 aliphatic heterocycles. The van der Waals surface area contributed by atoms with Crippen molar-refractivity contribution in [2.24, 2.45) is 5.41 Å². The summed E-state index contributed by atoms with van der Waals surface area (Å²) in [5.41, 5.74) is 0.212. The van der Waals surface area contributed by atoms with Crippen LogP contribution in [0, 0.1) is 5.41 Å². The second-order valence-electron chi connectivity index (χ2n) is 5.72. The Morgan fingerprint density at radius 1 is 1.33 bits per heavy atom. The molecule has 1 saturated carbocycles. The van der Waals surface area contributed by atoms with E-state index in [1.54, 1.807) is 24.3 Å². The summed E-state index contributed by atoms with van der Waals surface area (Å²) in [6, 6.07) is 7.07. The van der Waals surface area contributed by atoms with Crippen molar-refractivity contribution in [3.05, 3.63) is 29.3 Å². The average Bonchev–Trinajstić information content (AvgIpc) is 2.52. The molecule has 0 saturated heterocycles. The number of carbonyl (C=O) groups excluding carboxylic acids is 1. The van der Waals surface area contributed by atoms with Crippen LogP contribution in [0.4, 0.5) is 0 Å². The van der Waals surface area contributed by atoms with Crippen LogP contribution in [0.1, 0.15) is 32.1 Å². The Bertz CT molecular complexity index is 475. The highest BCUT2D eigenvalue weighted by Gasteiger charge is 2.31. The molecule has 1 aromatic carbocycles. The lowest BCUT2D eigenvalue weighted by Crippen LogP contribution is -2.41. The molecule has 0 atom stereocenters. The van der Waals surface area contributed by atoms with E-state index >= 15 is 0 Å². The monoisotopic (exact) mass is 373 g/mol. The highest BCUT2D eigenvalue weighted by molar-refractivity contribution is 9.09. The van der Waals surface area contributed by atoms with Gasteiger partial charge in [0.2, 0.25) is 0 Å². The smallest absolute Gasteiger partial charge is 0.257 e. The first kappa shape index (κ1) is 16.6. The second-order valence-corrected chi connectivity index (χ2v) is 6.71. The number of alkyl halides is 1. The van der Waals surface area contributed by atoms with Gasteiger partial charge in [-0.3, -0.25) is 4.79 Å². The van der Waals surface area contributed by atoms with Gasteiger partial charge in [-0.1, -0.05) is 52.9 Å². The summed E-state index contributed by atoms with van der Waals surface area (Å²) in [5, 5.41) is 4.55. The molecule has 1 aliphatic carbocycles. The molecule has 5 heteroatoms. The molecule has 0 bridgehead atoms. The number of benzene rings is 1. The van der Waals surface area contributed by atoms with Gasteiger partial charge in [0.25, 0.3) is 5.91 Å². The van der Waals surface area contributed by atoms with Gasteiger partial charge in [-0.15, -0.1) is 0 Å². The van der Waals surface area contributed by atoms with Gasteiger partial charge in [0.15, 0.2) is 6.61 Å². The van der Waals surface area contributed by atoms with Crippen molar-refractivity contribution in [3.8, 4) is 5.75 Å². The van der Waals surface area contributed by atoms with Crippen molar-refractivity contribution in [3.63, 3.8) is 0 Å². The van der Waals surface area contributed by atoms with Crippen molar-refractivity contribution >= 4 is 33.4 Å². The number of hydrogen-bond acceptors (Lipinski definition) is 2. The summed E-state index contributed by atoms with van der Waals surface area (Å²) in [6.45, 7) is 0.745. The zero-order valence-corrected chi connectivity index (χ0v) is 14.4. The summed E-state index contributed by atoms with van der Waals surface area (Å²) in [4.78, 5) is 11.9. The van der Waals surface area contributed by atoms with Gasteiger partial charge in [0, 0.05) is 16.9 Å². The minimum absolute atomic E-state index is 0.0265. The zero-order valence-electron chi connectivity index (χ0n) is 12.0. The van der Waals surface area contributed by atoms with E-state index in [1.807, 2.05) is 0 Å². The number of carbonyl (C=O) groups is 1. The lowest BCUT2D eigenvalue weighted by molar-refractivity contribution is -0.123. The fraction of sp³-hybridized carbons (Fsp3) is 0.562. The Morgan fingerprint density at radius 3 is 2.76 bits per heavy atom. The van der Waals surface area contributed by atoms with E-state index in [0.717, 1.165) is 11.9 Å². The normalized spacial score (nSPS) is 17.2. The van der Waals surface area contributed by atoms with Gasteiger partial charge in [-0.25, -0.2) is 0 Å². The first-order valence-electron chi connectivity index (χ1n) is 7.35.